The van der Waals surface area contributed by atoms with Gasteiger partial charge >= 0.3 is 5.63 Å². The fraction of sp³-hybridized carbons (Fsp3) is 0.238. The molecule has 1 unspecified atom stereocenters. The number of nitrogens with two attached hydrogens (primary N) is 1. The number of carbonyl (C=O) groups excluding carboxylic acids is 1. The van der Waals surface area contributed by atoms with Crippen LogP contribution in [0.25, 0.3) is 11.0 Å². The molecule has 30 heavy (non-hydrogen) atoms. The average molecular weight is 430 g/mol. The predicted octanol–water partition coefficient (Wildman–Crippen LogP) is 2.14. The number of fused-ring (bicyclic) bond motifs is 1. The molecule has 1 atom stereocenters. The predicted molar refractivity (Wildman–Crippen MR) is 112 cm³/mol. The quantitative estimate of drug-likeness (QED) is 0.577. The number of sulfonamides is 1. The first-order valence-corrected chi connectivity index (χ1v) is 10.7. The van der Waals surface area contributed by atoms with Gasteiger partial charge in [0.2, 0.25) is 10.0 Å². The molecule has 158 valence electrons. The first-order valence-electron chi connectivity index (χ1n) is 9.16. The molecule has 0 fully saturated rings. The van der Waals surface area contributed by atoms with Crippen molar-refractivity contribution in [2.75, 3.05) is 0 Å². The smallest absolute Gasteiger partial charge is 0.336 e. The highest BCUT2D eigenvalue weighted by atomic mass is 32.2. The molecule has 0 radical (unpaired) electrons. The van der Waals surface area contributed by atoms with Crippen molar-refractivity contribution >= 4 is 26.9 Å². The van der Waals surface area contributed by atoms with Crippen LogP contribution >= 0.6 is 0 Å². The van der Waals surface area contributed by atoms with Crippen LogP contribution in [-0.2, 0) is 21.4 Å². The second kappa shape index (κ2) is 8.29. The molecule has 1 heterocycles. The summed E-state index contributed by atoms with van der Waals surface area (Å²) in [4.78, 5) is 24.1. The fourth-order valence-corrected chi connectivity index (χ4v) is 3.52. The summed E-state index contributed by atoms with van der Waals surface area (Å²) in [6, 6.07) is 10.9. The van der Waals surface area contributed by atoms with Crippen molar-refractivity contribution in [3.8, 4) is 5.75 Å². The minimum absolute atomic E-state index is 0.00273. The van der Waals surface area contributed by atoms with Crippen molar-refractivity contribution in [1.29, 1.82) is 0 Å². The van der Waals surface area contributed by atoms with Gasteiger partial charge in [-0.1, -0.05) is 12.1 Å². The maximum atomic E-state index is 12.4. The van der Waals surface area contributed by atoms with Crippen LogP contribution in [0.3, 0.4) is 0 Å². The van der Waals surface area contributed by atoms with Crippen LogP contribution in [0.1, 0.15) is 23.6 Å². The number of aryl methyl sites for hydroxylation is 2. The third kappa shape index (κ3) is 4.69. The van der Waals surface area contributed by atoms with Gasteiger partial charge in [0.25, 0.3) is 5.91 Å². The Balaban J connectivity index is 1.68. The Morgan fingerprint density at radius 3 is 2.47 bits per heavy atom. The van der Waals surface area contributed by atoms with Crippen molar-refractivity contribution in [1.82, 2.24) is 5.32 Å². The van der Waals surface area contributed by atoms with Crippen molar-refractivity contribution < 1.29 is 22.4 Å². The third-order valence-corrected chi connectivity index (χ3v) is 5.64. The van der Waals surface area contributed by atoms with E-state index in [0.717, 1.165) is 10.9 Å². The molecule has 9 heteroatoms. The molecule has 0 saturated heterocycles. The van der Waals surface area contributed by atoms with Gasteiger partial charge in [0.1, 0.15) is 11.3 Å². The molecule has 3 N–H and O–H groups in total. The summed E-state index contributed by atoms with van der Waals surface area (Å²) >= 11 is 0. The Morgan fingerprint density at radius 1 is 1.17 bits per heavy atom. The summed E-state index contributed by atoms with van der Waals surface area (Å²) in [6.45, 7) is 5.39. The molecule has 0 spiro atoms. The van der Waals surface area contributed by atoms with Gasteiger partial charge in [-0.2, -0.15) is 0 Å². The first-order chi connectivity index (χ1) is 14.1. The molecule has 2 aromatic carbocycles. The number of amides is 1. The lowest BCUT2D eigenvalue weighted by Gasteiger charge is -2.17. The van der Waals surface area contributed by atoms with Crippen molar-refractivity contribution in [3.63, 3.8) is 0 Å². The molecule has 0 aliphatic heterocycles. The number of primary sulfonamides is 1. The van der Waals surface area contributed by atoms with E-state index in [9.17, 15) is 18.0 Å². The lowest BCUT2D eigenvalue weighted by Crippen LogP contribution is -2.36. The molecular formula is C21H22N2O6S. The Morgan fingerprint density at radius 2 is 1.83 bits per heavy atom. The van der Waals surface area contributed by atoms with Crippen LogP contribution in [0.2, 0.25) is 0 Å². The zero-order valence-electron chi connectivity index (χ0n) is 16.8. The van der Waals surface area contributed by atoms with Gasteiger partial charge in [0.05, 0.1) is 4.90 Å². The van der Waals surface area contributed by atoms with Gasteiger partial charge in [-0.3, -0.25) is 4.79 Å². The van der Waals surface area contributed by atoms with E-state index in [1.807, 2.05) is 6.92 Å². The molecule has 1 amide bonds. The number of rotatable bonds is 6. The highest BCUT2D eigenvalue weighted by molar-refractivity contribution is 7.89. The molecule has 3 aromatic rings. The number of benzene rings is 2. The minimum Gasteiger partial charge on any atom is -0.480 e. The minimum atomic E-state index is -3.76. The van der Waals surface area contributed by atoms with E-state index in [-0.39, 0.29) is 17.3 Å². The summed E-state index contributed by atoms with van der Waals surface area (Å²) in [5.74, 6) is 0.0899. The number of hydrogen-bond acceptors (Lipinski definition) is 6. The first kappa shape index (κ1) is 21.5. The molecule has 0 saturated carbocycles. The van der Waals surface area contributed by atoms with Gasteiger partial charge in [0.15, 0.2) is 6.10 Å². The SMILES string of the molecule is Cc1cc(=O)oc2c(C)c(OC(C)C(=O)NCc3ccc(S(N)(=O)=O)cc3)ccc12. The molecule has 0 bridgehead atoms. The Labute approximate surface area is 173 Å². The average Bonchev–Trinajstić information content (AvgIpc) is 2.68. The lowest BCUT2D eigenvalue weighted by atomic mass is 10.1. The highest BCUT2D eigenvalue weighted by Crippen LogP contribution is 2.28. The van der Waals surface area contributed by atoms with E-state index in [1.54, 1.807) is 38.1 Å². The van der Waals surface area contributed by atoms with E-state index < -0.39 is 21.8 Å². The van der Waals surface area contributed by atoms with E-state index in [4.69, 9.17) is 14.3 Å². The molecule has 8 nitrogen and oxygen atoms in total. The molecule has 0 aliphatic rings. The van der Waals surface area contributed by atoms with Gasteiger partial charge in [-0.15, -0.1) is 0 Å². The van der Waals surface area contributed by atoms with Crippen molar-refractivity contribution in [2.45, 2.75) is 38.3 Å². The summed E-state index contributed by atoms with van der Waals surface area (Å²) in [5.41, 5.74) is 2.13. The topological polar surface area (TPSA) is 129 Å². The summed E-state index contributed by atoms with van der Waals surface area (Å²) in [6.07, 6.45) is -0.804. The molecule has 0 aliphatic carbocycles. The molecular weight excluding hydrogens is 408 g/mol. The lowest BCUT2D eigenvalue weighted by molar-refractivity contribution is -0.127. The Bertz CT molecular complexity index is 1260. The van der Waals surface area contributed by atoms with Gasteiger partial charge in [0, 0.05) is 23.6 Å². The van der Waals surface area contributed by atoms with Crippen LogP contribution in [0.15, 0.2) is 56.6 Å². The summed E-state index contributed by atoms with van der Waals surface area (Å²) < 4.78 is 33.7. The Kier molecular flexibility index (Phi) is 5.95. The van der Waals surface area contributed by atoms with E-state index in [0.29, 0.717) is 22.5 Å². The molecule has 3 rings (SSSR count). The van der Waals surface area contributed by atoms with Crippen molar-refractivity contribution in [3.05, 3.63) is 69.6 Å². The monoisotopic (exact) mass is 430 g/mol. The Hall–Kier alpha value is -3.17. The van der Waals surface area contributed by atoms with Crippen LogP contribution in [0.5, 0.6) is 5.75 Å². The fourth-order valence-electron chi connectivity index (χ4n) is 3.00. The molecule has 1 aromatic heterocycles. The number of nitrogens with one attached hydrogen (secondary N) is 1. The summed E-state index contributed by atoms with van der Waals surface area (Å²) in [7, 11) is -3.76. The van der Waals surface area contributed by atoms with E-state index in [1.165, 1.54) is 18.2 Å². The highest BCUT2D eigenvalue weighted by Gasteiger charge is 2.18. The number of ether oxygens (including phenoxy) is 1. The second-order valence-electron chi connectivity index (χ2n) is 6.98. The van der Waals surface area contributed by atoms with Crippen LogP contribution < -0.4 is 20.8 Å². The van der Waals surface area contributed by atoms with Gasteiger partial charge in [-0.25, -0.2) is 18.4 Å². The zero-order chi connectivity index (χ0) is 22.1. The number of carbonyl (C=O) groups is 1. The third-order valence-electron chi connectivity index (χ3n) is 4.71. The standard InChI is InChI=1S/C21H22N2O6S/c1-12-10-19(24)29-20-13(2)18(9-8-17(12)20)28-14(3)21(25)23-11-15-4-6-16(7-5-15)30(22,26)27/h4-10,14H,11H2,1-3H3,(H,23,25)(H2,22,26,27). The van der Waals surface area contributed by atoms with Crippen LogP contribution in [-0.4, -0.2) is 20.4 Å². The largest absolute Gasteiger partial charge is 0.480 e. The van der Waals surface area contributed by atoms with Gasteiger partial charge < -0.3 is 14.5 Å². The maximum absolute atomic E-state index is 12.4. The zero-order valence-corrected chi connectivity index (χ0v) is 17.6. The number of hydrogen-bond donors (Lipinski definition) is 2. The van der Waals surface area contributed by atoms with Gasteiger partial charge in [-0.05, 0) is 56.2 Å². The second-order valence-corrected chi connectivity index (χ2v) is 8.54. The van der Waals surface area contributed by atoms with E-state index in [2.05, 4.69) is 5.32 Å². The van der Waals surface area contributed by atoms with Crippen molar-refractivity contribution in [2.24, 2.45) is 5.14 Å². The summed E-state index contributed by atoms with van der Waals surface area (Å²) in [5, 5.41) is 8.61. The van der Waals surface area contributed by atoms with Crippen LogP contribution in [0, 0.1) is 13.8 Å². The van der Waals surface area contributed by atoms with Crippen LogP contribution in [0.4, 0.5) is 0 Å². The normalized spacial score (nSPS) is 12.5. The van der Waals surface area contributed by atoms with E-state index >= 15 is 0 Å². The maximum Gasteiger partial charge on any atom is 0.336 e.